The Labute approximate surface area is 114 Å². The van der Waals surface area contributed by atoms with Gasteiger partial charge in [0.15, 0.2) is 0 Å². The first kappa shape index (κ1) is 15.8. The topological polar surface area (TPSA) is 26.0 Å². The van der Waals surface area contributed by atoms with E-state index >= 15 is 0 Å². The third-order valence-electron chi connectivity index (χ3n) is 4.45. The molecule has 0 amide bonds. The van der Waals surface area contributed by atoms with Crippen molar-refractivity contribution in [1.82, 2.24) is 0 Å². The number of hydrogen-bond donors (Lipinski definition) is 1. The van der Waals surface area contributed by atoms with Gasteiger partial charge in [0.2, 0.25) is 0 Å². The summed E-state index contributed by atoms with van der Waals surface area (Å²) in [6, 6.07) is 0.276. The van der Waals surface area contributed by atoms with Crippen molar-refractivity contribution >= 4 is 0 Å². The van der Waals surface area contributed by atoms with Crippen molar-refractivity contribution in [1.29, 1.82) is 0 Å². The average Bonchev–Trinajstić information content (AvgIpc) is 2.08. The minimum Gasteiger partial charge on any atom is -0.324 e. The van der Waals surface area contributed by atoms with E-state index in [1.807, 2.05) is 0 Å². The van der Waals surface area contributed by atoms with Crippen LogP contribution in [-0.4, -0.2) is 6.04 Å². The van der Waals surface area contributed by atoms with Crippen molar-refractivity contribution < 1.29 is 0 Å². The van der Waals surface area contributed by atoms with E-state index in [1.165, 1.54) is 19.3 Å². The molecule has 0 aliphatic heterocycles. The minimum atomic E-state index is 0.276. The SMILES string of the molecule is CC(C)CC(C)/C=C\C(N)C1CC(C(C)(C)C)C1. The summed E-state index contributed by atoms with van der Waals surface area (Å²) in [4.78, 5) is 0. The van der Waals surface area contributed by atoms with Crippen LogP contribution in [0.2, 0.25) is 0 Å². The van der Waals surface area contributed by atoms with Gasteiger partial charge in [0, 0.05) is 6.04 Å². The van der Waals surface area contributed by atoms with Gasteiger partial charge in [-0.15, -0.1) is 0 Å². The molecule has 1 heteroatoms. The average molecular weight is 251 g/mol. The van der Waals surface area contributed by atoms with Gasteiger partial charge in [-0.1, -0.05) is 53.7 Å². The number of rotatable bonds is 5. The molecule has 1 fully saturated rings. The smallest absolute Gasteiger partial charge is 0.0252 e. The third kappa shape index (κ3) is 4.76. The van der Waals surface area contributed by atoms with Crippen molar-refractivity contribution in [2.75, 3.05) is 0 Å². The molecule has 0 bridgehead atoms. The Hall–Kier alpha value is -0.300. The second kappa shape index (κ2) is 6.23. The summed E-state index contributed by atoms with van der Waals surface area (Å²) in [7, 11) is 0. The zero-order chi connectivity index (χ0) is 13.9. The van der Waals surface area contributed by atoms with E-state index in [4.69, 9.17) is 5.73 Å². The summed E-state index contributed by atoms with van der Waals surface area (Å²) >= 11 is 0. The van der Waals surface area contributed by atoms with E-state index in [2.05, 4.69) is 53.7 Å². The van der Waals surface area contributed by atoms with E-state index in [0.29, 0.717) is 11.3 Å². The van der Waals surface area contributed by atoms with Crippen LogP contribution < -0.4 is 5.73 Å². The normalized spacial score (nSPS) is 28.4. The lowest BCUT2D eigenvalue weighted by Crippen LogP contribution is -2.42. The predicted molar refractivity (Wildman–Crippen MR) is 81.4 cm³/mol. The maximum Gasteiger partial charge on any atom is 0.0252 e. The third-order valence-corrected chi connectivity index (χ3v) is 4.45. The molecule has 1 rings (SSSR count). The second-order valence-corrected chi connectivity index (χ2v) is 7.86. The molecule has 1 nitrogen and oxygen atoms in total. The molecule has 0 heterocycles. The van der Waals surface area contributed by atoms with E-state index in [9.17, 15) is 0 Å². The van der Waals surface area contributed by atoms with Gasteiger partial charge in [-0.25, -0.2) is 0 Å². The summed E-state index contributed by atoms with van der Waals surface area (Å²) < 4.78 is 0. The molecule has 1 aliphatic carbocycles. The van der Waals surface area contributed by atoms with Gasteiger partial charge in [-0.05, 0) is 48.3 Å². The van der Waals surface area contributed by atoms with Gasteiger partial charge < -0.3 is 5.73 Å². The molecule has 18 heavy (non-hydrogen) atoms. The lowest BCUT2D eigenvalue weighted by atomic mass is 9.61. The fourth-order valence-electron chi connectivity index (χ4n) is 2.98. The van der Waals surface area contributed by atoms with E-state index in [1.54, 1.807) is 0 Å². The predicted octanol–water partition coefficient (Wildman–Crippen LogP) is 4.62. The molecule has 1 saturated carbocycles. The Morgan fingerprint density at radius 3 is 2.11 bits per heavy atom. The highest BCUT2D eigenvalue weighted by molar-refractivity contribution is 5.02. The summed E-state index contributed by atoms with van der Waals surface area (Å²) in [6.07, 6.45) is 8.48. The Bertz CT molecular complexity index is 266. The number of allylic oxidation sites excluding steroid dienone is 1. The standard InChI is InChI=1S/C17H33N/c1-12(2)9-13(3)7-8-16(18)14-10-15(11-14)17(4,5)6/h7-8,12-16H,9-11,18H2,1-6H3/b8-7-. The minimum absolute atomic E-state index is 0.276. The van der Waals surface area contributed by atoms with E-state index in [0.717, 1.165) is 17.8 Å². The molecular formula is C17H33N. The highest BCUT2D eigenvalue weighted by Crippen LogP contribution is 2.46. The highest BCUT2D eigenvalue weighted by Gasteiger charge is 2.38. The molecule has 0 aromatic heterocycles. The van der Waals surface area contributed by atoms with Crippen LogP contribution in [0.25, 0.3) is 0 Å². The van der Waals surface area contributed by atoms with Crippen molar-refractivity contribution in [2.45, 2.75) is 66.8 Å². The van der Waals surface area contributed by atoms with E-state index < -0.39 is 0 Å². The molecule has 0 radical (unpaired) electrons. The first-order valence-electron chi connectivity index (χ1n) is 7.64. The molecular weight excluding hydrogens is 218 g/mol. The fraction of sp³-hybridized carbons (Fsp3) is 0.882. The Balaban J connectivity index is 2.31. The first-order valence-corrected chi connectivity index (χ1v) is 7.64. The van der Waals surface area contributed by atoms with Crippen LogP contribution in [0.1, 0.15) is 60.8 Å². The van der Waals surface area contributed by atoms with Crippen LogP contribution in [0, 0.1) is 29.1 Å². The molecule has 106 valence electrons. The lowest BCUT2D eigenvalue weighted by Gasteiger charge is -2.45. The molecule has 2 atom stereocenters. The van der Waals surface area contributed by atoms with Gasteiger partial charge in [0.25, 0.3) is 0 Å². The zero-order valence-corrected chi connectivity index (χ0v) is 13.2. The summed E-state index contributed by atoms with van der Waals surface area (Å²) in [5.41, 5.74) is 6.74. The molecule has 0 spiro atoms. The van der Waals surface area contributed by atoms with Crippen molar-refractivity contribution in [2.24, 2.45) is 34.8 Å². The highest BCUT2D eigenvalue weighted by atomic mass is 14.7. The molecule has 2 N–H and O–H groups in total. The lowest BCUT2D eigenvalue weighted by molar-refractivity contribution is 0.0690. The largest absolute Gasteiger partial charge is 0.324 e. The summed E-state index contributed by atoms with van der Waals surface area (Å²) in [6.45, 7) is 13.9. The van der Waals surface area contributed by atoms with Crippen LogP contribution in [0.3, 0.4) is 0 Å². The van der Waals surface area contributed by atoms with Gasteiger partial charge >= 0.3 is 0 Å². The van der Waals surface area contributed by atoms with Crippen LogP contribution in [0.5, 0.6) is 0 Å². The molecule has 2 unspecified atom stereocenters. The van der Waals surface area contributed by atoms with Gasteiger partial charge in [0.1, 0.15) is 0 Å². The van der Waals surface area contributed by atoms with Gasteiger partial charge in [-0.2, -0.15) is 0 Å². The molecule has 0 saturated heterocycles. The number of nitrogens with two attached hydrogens (primary N) is 1. The first-order chi connectivity index (χ1) is 8.20. The zero-order valence-electron chi connectivity index (χ0n) is 13.2. The monoisotopic (exact) mass is 251 g/mol. The Morgan fingerprint density at radius 2 is 1.67 bits per heavy atom. The van der Waals surface area contributed by atoms with Crippen molar-refractivity contribution in [3.8, 4) is 0 Å². The maximum absolute atomic E-state index is 6.28. The molecule has 0 aromatic carbocycles. The number of hydrogen-bond acceptors (Lipinski definition) is 1. The fourth-order valence-corrected chi connectivity index (χ4v) is 2.98. The Morgan fingerprint density at radius 1 is 1.11 bits per heavy atom. The molecule has 0 aromatic rings. The Kier molecular flexibility index (Phi) is 5.46. The van der Waals surface area contributed by atoms with Crippen LogP contribution in [-0.2, 0) is 0 Å². The van der Waals surface area contributed by atoms with Crippen molar-refractivity contribution in [3.63, 3.8) is 0 Å². The van der Waals surface area contributed by atoms with E-state index in [-0.39, 0.29) is 6.04 Å². The van der Waals surface area contributed by atoms with Crippen LogP contribution >= 0.6 is 0 Å². The van der Waals surface area contributed by atoms with Crippen LogP contribution in [0.15, 0.2) is 12.2 Å². The second-order valence-electron chi connectivity index (χ2n) is 7.86. The quantitative estimate of drug-likeness (QED) is 0.709. The van der Waals surface area contributed by atoms with Gasteiger partial charge in [-0.3, -0.25) is 0 Å². The maximum atomic E-state index is 6.28. The molecule has 1 aliphatic rings. The van der Waals surface area contributed by atoms with Gasteiger partial charge in [0.05, 0.1) is 0 Å². The van der Waals surface area contributed by atoms with Crippen molar-refractivity contribution in [3.05, 3.63) is 12.2 Å². The summed E-state index contributed by atoms with van der Waals surface area (Å²) in [5, 5.41) is 0. The summed E-state index contributed by atoms with van der Waals surface area (Å²) in [5.74, 6) is 3.02. The van der Waals surface area contributed by atoms with Crippen LogP contribution in [0.4, 0.5) is 0 Å².